The molecule has 0 aromatic carbocycles. The molecule has 2 unspecified atom stereocenters. The van der Waals surface area contributed by atoms with Crippen LogP contribution in [0.1, 0.15) is 59.8 Å². The van der Waals surface area contributed by atoms with Gasteiger partial charge in [-0.2, -0.15) is 0 Å². The number of Topliss-reactive ketones (excluding diaryl/α,β-unsaturated/α-hetero) is 1. The SMILES string of the molecule is C#C.C=C.CC(=O)OCC1=CCC[C@]2(C)C3=C(O)CC(C(C)C)C(=O)[C@@]34C[C@H]4CC12.CO. The first-order chi connectivity index (χ1) is 15.2. The maximum absolute atomic E-state index is 13.4. The molecule has 2 N–H and O–H groups in total. The molecule has 2 fully saturated rings. The third kappa shape index (κ3) is 4.43. The average molecular weight is 445 g/mol. The van der Waals surface area contributed by atoms with E-state index in [1.807, 2.05) is 0 Å². The van der Waals surface area contributed by atoms with Crippen LogP contribution in [-0.2, 0) is 14.3 Å². The number of fused-ring (bicyclic) bond motifs is 2. The third-order valence-electron chi connectivity index (χ3n) is 7.65. The maximum Gasteiger partial charge on any atom is 0.302 e. The van der Waals surface area contributed by atoms with Crippen LogP contribution in [0.5, 0.6) is 0 Å². The molecule has 4 rings (SSSR count). The van der Waals surface area contributed by atoms with Gasteiger partial charge < -0.3 is 14.9 Å². The fourth-order valence-electron chi connectivity index (χ4n) is 6.34. The van der Waals surface area contributed by atoms with Crippen molar-refractivity contribution in [2.45, 2.75) is 59.8 Å². The summed E-state index contributed by atoms with van der Waals surface area (Å²) in [5.41, 5.74) is 1.63. The molecule has 0 bridgehead atoms. The molecule has 0 aromatic heterocycles. The van der Waals surface area contributed by atoms with Crippen molar-refractivity contribution in [1.82, 2.24) is 0 Å². The van der Waals surface area contributed by atoms with Crippen LogP contribution in [0.2, 0.25) is 0 Å². The van der Waals surface area contributed by atoms with Crippen molar-refractivity contribution in [3.05, 3.63) is 36.1 Å². The van der Waals surface area contributed by atoms with E-state index < -0.39 is 5.41 Å². The Balaban J connectivity index is 0.000000789. The summed E-state index contributed by atoms with van der Waals surface area (Å²) in [5, 5.41) is 18.1. The molecule has 4 aliphatic rings. The molecule has 5 atom stereocenters. The van der Waals surface area contributed by atoms with Gasteiger partial charge in [-0.3, -0.25) is 9.59 Å². The van der Waals surface area contributed by atoms with Gasteiger partial charge in [-0.05, 0) is 60.0 Å². The summed E-state index contributed by atoms with van der Waals surface area (Å²) < 4.78 is 5.30. The molecular weight excluding hydrogens is 404 g/mol. The lowest BCUT2D eigenvalue weighted by molar-refractivity contribution is -0.140. The Morgan fingerprint density at radius 3 is 2.44 bits per heavy atom. The summed E-state index contributed by atoms with van der Waals surface area (Å²) in [4.78, 5) is 24.7. The van der Waals surface area contributed by atoms with Crippen molar-refractivity contribution >= 4 is 11.8 Å². The number of ether oxygens (including phenoxy) is 1. The maximum atomic E-state index is 13.4. The van der Waals surface area contributed by atoms with Crippen LogP contribution in [0.4, 0.5) is 0 Å². The van der Waals surface area contributed by atoms with Crippen molar-refractivity contribution in [3.8, 4) is 12.8 Å². The van der Waals surface area contributed by atoms with Gasteiger partial charge in [-0.15, -0.1) is 26.0 Å². The molecule has 178 valence electrons. The number of allylic oxidation sites excluding steroid dienone is 3. The van der Waals surface area contributed by atoms with Gasteiger partial charge in [0.15, 0.2) is 0 Å². The average Bonchev–Trinajstić information content (AvgIpc) is 3.50. The lowest BCUT2D eigenvalue weighted by atomic mass is 9.51. The normalized spacial score (nSPS) is 33.8. The number of hydrogen-bond acceptors (Lipinski definition) is 5. The van der Waals surface area contributed by atoms with Gasteiger partial charge in [-0.25, -0.2) is 0 Å². The lowest BCUT2D eigenvalue weighted by Crippen LogP contribution is -2.49. The topological polar surface area (TPSA) is 83.8 Å². The predicted octanol–water partition coefficient (Wildman–Crippen LogP) is 5.02. The van der Waals surface area contributed by atoms with E-state index in [2.05, 4.69) is 52.9 Å². The second-order valence-electron chi connectivity index (χ2n) is 9.42. The molecule has 0 heterocycles. The fourth-order valence-corrected chi connectivity index (χ4v) is 6.34. The highest BCUT2D eigenvalue weighted by molar-refractivity contribution is 5.95. The quantitative estimate of drug-likeness (QED) is 0.363. The van der Waals surface area contributed by atoms with E-state index in [1.54, 1.807) is 0 Å². The fraction of sp³-hybridized carbons (Fsp3) is 0.630. The van der Waals surface area contributed by atoms with Crippen LogP contribution in [0.25, 0.3) is 0 Å². The minimum atomic E-state index is -0.396. The predicted molar refractivity (Wildman–Crippen MR) is 128 cm³/mol. The first-order valence-corrected chi connectivity index (χ1v) is 11.3. The number of aliphatic hydroxyl groups excluding tert-OH is 2. The van der Waals surface area contributed by atoms with Crippen LogP contribution in [0.3, 0.4) is 0 Å². The molecule has 1 spiro atoms. The summed E-state index contributed by atoms with van der Waals surface area (Å²) in [7, 11) is 1.00. The number of ketones is 1. The summed E-state index contributed by atoms with van der Waals surface area (Å²) in [6.07, 6.45) is 14.4. The number of rotatable bonds is 3. The summed E-state index contributed by atoms with van der Waals surface area (Å²) in [6, 6.07) is 0. The smallest absolute Gasteiger partial charge is 0.302 e. The van der Waals surface area contributed by atoms with Gasteiger partial charge >= 0.3 is 5.97 Å². The van der Waals surface area contributed by atoms with E-state index in [4.69, 9.17) is 9.84 Å². The van der Waals surface area contributed by atoms with Gasteiger partial charge in [0.2, 0.25) is 0 Å². The highest BCUT2D eigenvalue weighted by atomic mass is 16.5. The highest BCUT2D eigenvalue weighted by Gasteiger charge is 2.72. The standard InChI is InChI=1S/C22H30O4.C2H4.C2H2.CH4O/c1-12(2)16-9-18(24)19-21(4)7-5-6-14(11-26-13(3)23)17(21)8-15-10-22(15,19)20(16)25;3*1-2/h6,12,15-17,24H,5,7-11H2,1-4H3;1-2H2;1-2H;2H,1H3/t15-,16?,17?,21+,22-;;;/m1.../s1. The second kappa shape index (κ2) is 11.0. The first kappa shape index (κ1) is 27.7. The zero-order valence-electron chi connectivity index (χ0n) is 20.3. The minimum absolute atomic E-state index is 0.0523. The minimum Gasteiger partial charge on any atom is -0.512 e. The molecule has 5 nitrogen and oxygen atoms in total. The third-order valence-corrected chi connectivity index (χ3v) is 7.65. The number of aliphatic hydroxyl groups is 2. The Labute approximate surface area is 193 Å². The van der Waals surface area contributed by atoms with E-state index in [9.17, 15) is 14.7 Å². The number of carbonyl (C=O) groups excluding carboxylic acids is 2. The molecule has 2 saturated carbocycles. The first-order valence-electron chi connectivity index (χ1n) is 11.3. The summed E-state index contributed by atoms with van der Waals surface area (Å²) in [5.74, 6) is 1.40. The molecule has 0 saturated heterocycles. The zero-order valence-corrected chi connectivity index (χ0v) is 20.3. The van der Waals surface area contributed by atoms with Gasteiger partial charge in [0.25, 0.3) is 0 Å². The van der Waals surface area contributed by atoms with Crippen LogP contribution >= 0.6 is 0 Å². The summed E-state index contributed by atoms with van der Waals surface area (Å²) in [6.45, 7) is 14.2. The lowest BCUT2D eigenvalue weighted by Gasteiger charge is -2.52. The Kier molecular flexibility index (Phi) is 9.53. The molecule has 0 aliphatic heterocycles. The van der Waals surface area contributed by atoms with Crippen molar-refractivity contribution in [3.63, 3.8) is 0 Å². The van der Waals surface area contributed by atoms with Crippen molar-refractivity contribution in [2.75, 3.05) is 13.7 Å². The molecule has 32 heavy (non-hydrogen) atoms. The van der Waals surface area contributed by atoms with Gasteiger partial charge in [0.1, 0.15) is 12.4 Å². The van der Waals surface area contributed by atoms with Gasteiger partial charge in [-0.1, -0.05) is 26.8 Å². The largest absolute Gasteiger partial charge is 0.512 e. The molecule has 0 radical (unpaired) electrons. The Morgan fingerprint density at radius 2 is 1.91 bits per heavy atom. The molecule has 0 amide bonds. The van der Waals surface area contributed by atoms with Crippen LogP contribution in [0.15, 0.2) is 36.1 Å². The zero-order chi connectivity index (χ0) is 24.9. The van der Waals surface area contributed by atoms with E-state index in [1.165, 1.54) is 12.5 Å². The Morgan fingerprint density at radius 1 is 1.31 bits per heavy atom. The van der Waals surface area contributed by atoms with Gasteiger partial charge in [0.05, 0.1) is 11.2 Å². The van der Waals surface area contributed by atoms with Crippen LogP contribution in [0, 0.1) is 47.3 Å². The van der Waals surface area contributed by atoms with Crippen LogP contribution < -0.4 is 0 Å². The van der Waals surface area contributed by atoms with E-state index in [0.29, 0.717) is 30.5 Å². The summed E-state index contributed by atoms with van der Waals surface area (Å²) >= 11 is 0. The van der Waals surface area contributed by atoms with Crippen LogP contribution in [-0.4, -0.2) is 35.7 Å². The van der Waals surface area contributed by atoms with Gasteiger partial charge in [0, 0.05) is 26.4 Å². The highest BCUT2D eigenvalue weighted by Crippen LogP contribution is 2.75. The molecular formula is C27H40O5. The van der Waals surface area contributed by atoms with Crippen molar-refractivity contribution < 1.29 is 24.5 Å². The number of hydrogen-bond donors (Lipinski definition) is 2. The van der Waals surface area contributed by atoms with Crippen molar-refractivity contribution in [1.29, 1.82) is 0 Å². The van der Waals surface area contributed by atoms with Crippen molar-refractivity contribution in [2.24, 2.45) is 34.5 Å². The number of esters is 1. The molecule has 0 aromatic rings. The molecule has 5 heteroatoms. The van der Waals surface area contributed by atoms with E-state index in [-0.39, 0.29) is 29.1 Å². The second-order valence-corrected chi connectivity index (χ2v) is 9.42. The van der Waals surface area contributed by atoms with E-state index >= 15 is 0 Å². The molecule has 4 aliphatic carbocycles. The van der Waals surface area contributed by atoms with E-state index in [0.717, 1.165) is 38.4 Å². The number of carbonyl (C=O) groups is 2. The Bertz CT molecular complexity index is 789. The number of terminal acetylenes is 1. The monoisotopic (exact) mass is 444 g/mol. The Hall–Kier alpha value is -2.32.